The van der Waals surface area contributed by atoms with Crippen LogP contribution >= 0.6 is 0 Å². The van der Waals surface area contributed by atoms with Crippen molar-refractivity contribution in [3.63, 3.8) is 0 Å². The SMILES string of the molecule is CCc1ccc(NC(=O)[C@H]2c3ccccc3C(=O)N(C)[C@H]2c2c[nH]c3ccccc23)cc1. The van der Waals surface area contributed by atoms with Gasteiger partial charge in [-0.15, -0.1) is 0 Å². The number of para-hydroxylation sites is 1. The van der Waals surface area contributed by atoms with Crippen molar-refractivity contribution in [2.45, 2.75) is 25.3 Å². The van der Waals surface area contributed by atoms with Crippen LogP contribution < -0.4 is 5.32 Å². The van der Waals surface area contributed by atoms with Crippen LogP contribution in [0.3, 0.4) is 0 Å². The quantitative estimate of drug-likeness (QED) is 0.469. The molecule has 160 valence electrons. The zero-order valence-electron chi connectivity index (χ0n) is 18.1. The van der Waals surface area contributed by atoms with Gasteiger partial charge in [-0.1, -0.05) is 55.5 Å². The molecule has 1 aliphatic heterocycles. The van der Waals surface area contributed by atoms with Crippen LogP contribution in [-0.2, 0) is 11.2 Å². The number of H-pyrrole nitrogens is 1. The second kappa shape index (κ2) is 8.00. The molecular weight excluding hydrogens is 398 g/mol. The summed E-state index contributed by atoms with van der Waals surface area (Å²) in [5, 5.41) is 4.11. The minimum absolute atomic E-state index is 0.0766. The number of fused-ring (bicyclic) bond motifs is 2. The highest BCUT2D eigenvalue weighted by Crippen LogP contribution is 2.44. The van der Waals surface area contributed by atoms with Crippen LogP contribution in [-0.4, -0.2) is 28.7 Å². The zero-order valence-corrected chi connectivity index (χ0v) is 18.1. The van der Waals surface area contributed by atoms with Gasteiger partial charge in [0.25, 0.3) is 5.91 Å². The lowest BCUT2D eigenvalue weighted by atomic mass is 9.79. The molecule has 32 heavy (non-hydrogen) atoms. The van der Waals surface area contributed by atoms with Gasteiger partial charge in [0.05, 0.1) is 12.0 Å². The van der Waals surface area contributed by atoms with E-state index in [-0.39, 0.29) is 11.8 Å². The van der Waals surface area contributed by atoms with Gasteiger partial charge in [-0.2, -0.15) is 0 Å². The first kappa shape index (κ1) is 20.1. The predicted molar refractivity (Wildman–Crippen MR) is 127 cm³/mol. The van der Waals surface area contributed by atoms with Gasteiger partial charge in [0.2, 0.25) is 5.91 Å². The summed E-state index contributed by atoms with van der Waals surface area (Å²) in [5.41, 5.74) is 5.22. The predicted octanol–water partition coefficient (Wildman–Crippen LogP) is 5.28. The molecule has 2 amide bonds. The first-order chi connectivity index (χ1) is 15.6. The Kier molecular flexibility index (Phi) is 5.02. The van der Waals surface area contributed by atoms with Crippen molar-refractivity contribution >= 4 is 28.4 Å². The van der Waals surface area contributed by atoms with E-state index in [1.165, 1.54) is 5.56 Å². The summed E-state index contributed by atoms with van der Waals surface area (Å²) in [7, 11) is 1.78. The fourth-order valence-electron chi connectivity index (χ4n) is 4.73. The second-order valence-corrected chi connectivity index (χ2v) is 8.26. The minimum Gasteiger partial charge on any atom is -0.361 e. The van der Waals surface area contributed by atoms with Crippen LogP contribution in [0.1, 0.15) is 45.9 Å². The van der Waals surface area contributed by atoms with Crippen molar-refractivity contribution in [2.24, 2.45) is 0 Å². The Bertz CT molecular complexity index is 1310. The van der Waals surface area contributed by atoms with Gasteiger partial charge in [0.1, 0.15) is 0 Å². The Morgan fingerprint density at radius 2 is 1.69 bits per heavy atom. The van der Waals surface area contributed by atoms with E-state index in [1.807, 2.05) is 72.9 Å². The molecule has 2 heterocycles. The number of nitrogens with zero attached hydrogens (tertiary/aromatic N) is 1. The van der Waals surface area contributed by atoms with E-state index in [0.29, 0.717) is 5.56 Å². The first-order valence-electron chi connectivity index (χ1n) is 10.9. The molecule has 0 saturated heterocycles. The fourth-order valence-corrected chi connectivity index (χ4v) is 4.73. The molecule has 5 rings (SSSR count). The molecule has 1 aliphatic rings. The third-order valence-corrected chi connectivity index (χ3v) is 6.43. The number of rotatable bonds is 4. The Labute approximate surface area is 187 Å². The summed E-state index contributed by atoms with van der Waals surface area (Å²) in [6, 6.07) is 22.9. The monoisotopic (exact) mass is 423 g/mol. The Morgan fingerprint density at radius 3 is 2.47 bits per heavy atom. The van der Waals surface area contributed by atoms with E-state index in [4.69, 9.17) is 0 Å². The molecule has 0 unspecified atom stereocenters. The van der Waals surface area contributed by atoms with Crippen LogP contribution in [0.2, 0.25) is 0 Å². The van der Waals surface area contributed by atoms with Crippen LogP contribution in [0.4, 0.5) is 5.69 Å². The van der Waals surface area contributed by atoms with Gasteiger partial charge in [0, 0.05) is 41.0 Å². The molecule has 0 saturated carbocycles. The number of aryl methyl sites for hydroxylation is 1. The number of hydrogen-bond acceptors (Lipinski definition) is 2. The summed E-state index contributed by atoms with van der Waals surface area (Å²) in [5.74, 6) is -0.748. The topological polar surface area (TPSA) is 65.2 Å². The summed E-state index contributed by atoms with van der Waals surface area (Å²) >= 11 is 0. The van der Waals surface area contributed by atoms with Crippen LogP contribution in [0.5, 0.6) is 0 Å². The van der Waals surface area contributed by atoms with Crippen LogP contribution in [0.25, 0.3) is 10.9 Å². The van der Waals surface area contributed by atoms with E-state index >= 15 is 0 Å². The van der Waals surface area contributed by atoms with Crippen molar-refractivity contribution in [3.8, 4) is 0 Å². The smallest absolute Gasteiger partial charge is 0.254 e. The third-order valence-electron chi connectivity index (χ3n) is 6.43. The van der Waals surface area contributed by atoms with Crippen LogP contribution in [0, 0.1) is 0 Å². The molecule has 1 aromatic heterocycles. The normalized spacial score (nSPS) is 17.9. The summed E-state index contributed by atoms with van der Waals surface area (Å²) < 4.78 is 0. The number of carbonyl (C=O) groups excluding carboxylic acids is 2. The Hall–Kier alpha value is -3.86. The highest BCUT2D eigenvalue weighted by Gasteiger charge is 2.43. The maximum atomic E-state index is 13.7. The van der Waals surface area contributed by atoms with E-state index in [9.17, 15) is 9.59 Å². The molecule has 2 atom stereocenters. The van der Waals surface area contributed by atoms with E-state index in [2.05, 4.69) is 17.2 Å². The number of nitrogens with one attached hydrogen (secondary N) is 2. The molecular formula is C27H25N3O2. The molecule has 0 spiro atoms. The molecule has 4 aromatic rings. The van der Waals surface area contributed by atoms with E-state index in [1.54, 1.807) is 18.0 Å². The standard InChI is InChI=1S/C27H25N3O2/c1-3-17-12-14-18(15-13-17)29-26(31)24-20-9-4-5-10-21(20)27(32)30(2)25(24)22-16-28-23-11-7-6-8-19(22)23/h4-16,24-25,28H,3H2,1-2H3,(H,29,31)/t24-,25-/m0/s1. The molecule has 0 bridgehead atoms. The third kappa shape index (κ3) is 3.26. The van der Waals surface area contributed by atoms with Crippen molar-refractivity contribution in [2.75, 3.05) is 12.4 Å². The number of benzene rings is 3. The number of aromatic nitrogens is 1. The number of anilines is 1. The van der Waals surface area contributed by atoms with Gasteiger partial charge in [-0.25, -0.2) is 0 Å². The molecule has 0 fully saturated rings. The van der Waals surface area contributed by atoms with Gasteiger partial charge >= 0.3 is 0 Å². The first-order valence-corrected chi connectivity index (χ1v) is 10.9. The molecule has 0 aliphatic carbocycles. The lowest BCUT2D eigenvalue weighted by Gasteiger charge is -2.39. The summed E-state index contributed by atoms with van der Waals surface area (Å²) in [6.07, 6.45) is 2.86. The van der Waals surface area contributed by atoms with E-state index in [0.717, 1.165) is 34.1 Å². The number of carbonyl (C=O) groups is 2. The highest BCUT2D eigenvalue weighted by molar-refractivity contribution is 6.05. The molecule has 3 aromatic carbocycles. The van der Waals surface area contributed by atoms with Gasteiger partial charge in [-0.05, 0) is 41.8 Å². The van der Waals surface area contributed by atoms with Crippen molar-refractivity contribution in [1.82, 2.24) is 9.88 Å². The average molecular weight is 424 g/mol. The highest BCUT2D eigenvalue weighted by atomic mass is 16.2. The minimum atomic E-state index is -0.543. The molecule has 5 nitrogen and oxygen atoms in total. The summed E-state index contributed by atoms with van der Waals surface area (Å²) in [4.78, 5) is 32.0. The number of likely N-dealkylation sites (N-methyl/N-ethyl adjacent to an activating group) is 1. The maximum absolute atomic E-state index is 13.7. The fraction of sp³-hybridized carbons (Fsp3) is 0.185. The number of aromatic amines is 1. The van der Waals surface area contributed by atoms with Crippen molar-refractivity contribution in [1.29, 1.82) is 0 Å². The van der Waals surface area contributed by atoms with Crippen molar-refractivity contribution in [3.05, 3.63) is 101 Å². The molecule has 5 heteroatoms. The van der Waals surface area contributed by atoms with Crippen molar-refractivity contribution < 1.29 is 9.59 Å². The lowest BCUT2D eigenvalue weighted by molar-refractivity contribution is -0.119. The van der Waals surface area contributed by atoms with E-state index < -0.39 is 12.0 Å². The molecule has 0 radical (unpaired) electrons. The number of amides is 2. The zero-order chi connectivity index (χ0) is 22.2. The lowest BCUT2D eigenvalue weighted by Crippen LogP contribution is -2.44. The summed E-state index contributed by atoms with van der Waals surface area (Å²) in [6.45, 7) is 2.10. The second-order valence-electron chi connectivity index (χ2n) is 8.26. The van der Waals surface area contributed by atoms with Gasteiger partial charge < -0.3 is 15.2 Å². The average Bonchev–Trinajstić information content (AvgIpc) is 3.25. The Balaban J connectivity index is 1.61. The van der Waals surface area contributed by atoms with Gasteiger partial charge in [0.15, 0.2) is 0 Å². The Morgan fingerprint density at radius 1 is 0.969 bits per heavy atom. The van der Waals surface area contributed by atoms with Crippen LogP contribution in [0.15, 0.2) is 79.0 Å². The molecule has 2 N–H and O–H groups in total. The largest absolute Gasteiger partial charge is 0.361 e. The maximum Gasteiger partial charge on any atom is 0.254 e. The van der Waals surface area contributed by atoms with Gasteiger partial charge in [-0.3, -0.25) is 9.59 Å². The number of hydrogen-bond donors (Lipinski definition) is 2.